The molecule has 0 aliphatic carbocycles. The van der Waals surface area contributed by atoms with Crippen molar-refractivity contribution < 1.29 is 13.6 Å². The molecule has 2 aromatic carbocycles. The van der Waals surface area contributed by atoms with Gasteiger partial charge in [0.25, 0.3) is 5.91 Å². The van der Waals surface area contributed by atoms with Gasteiger partial charge >= 0.3 is 0 Å². The summed E-state index contributed by atoms with van der Waals surface area (Å²) in [6.45, 7) is 1.90. The zero-order valence-electron chi connectivity index (χ0n) is 12.3. The van der Waals surface area contributed by atoms with Crippen LogP contribution in [0.3, 0.4) is 0 Å². The predicted molar refractivity (Wildman–Crippen MR) is 85.9 cm³/mol. The van der Waals surface area contributed by atoms with Gasteiger partial charge < -0.3 is 9.80 Å². The van der Waals surface area contributed by atoms with E-state index in [2.05, 4.69) is 4.90 Å². The van der Waals surface area contributed by atoms with Gasteiger partial charge in [-0.25, -0.2) is 8.78 Å². The van der Waals surface area contributed by atoms with Crippen molar-refractivity contribution in [3.63, 3.8) is 0 Å². The smallest absolute Gasteiger partial charge is 0.259 e. The van der Waals surface area contributed by atoms with E-state index in [0.29, 0.717) is 31.2 Å². The van der Waals surface area contributed by atoms with Crippen molar-refractivity contribution >= 4 is 23.2 Å². The summed E-state index contributed by atoms with van der Waals surface area (Å²) in [7, 11) is 0. The van der Waals surface area contributed by atoms with E-state index >= 15 is 0 Å². The number of piperazine rings is 1. The summed E-state index contributed by atoms with van der Waals surface area (Å²) in [6.07, 6.45) is 0. The Hall–Kier alpha value is -2.14. The van der Waals surface area contributed by atoms with Gasteiger partial charge in [-0.1, -0.05) is 29.8 Å². The van der Waals surface area contributed by atoms with Crippen LogP contribution in [-0.4, -0.2) is 37.0 Å². The lowest BCUT2D eigenvalue weighted by Gasteiger charge is -2.36. The molecule has 1 amide bonds. The standard InChI is InChI=1S/C17H15ClF2N2O/c18-12-4-1-2-7-15(12)21-8-10-22(11-9-21)17(23)16-13(19)5-3-6-14(16)20/h1-7H,8-11H2. The molecule has 0 spiro atoms. The summed E-state index contributed by atoms with van der Waals surface area (Å²) in [5.74, 6) is -2.27. The number of hydrogen-bond acceptors (Lipinski definition) is 2. The zero-order valence-corrected chi connectivity index (χ0v) is 13.1. The highest BCUT2D eigenvalue weighted by Crippen LogP contribution is 2.26. The first-order chi connectivity index (χ1) is 11.1. The number of rotatable bonds is 2. The number of benzene rings is 2. The molecular formula is C17H15ClF2N2O. The molecule has 0 bridgehead atoms. The SMILES string of the molecule is O=C(c1c(F)cccc1F)N1CCN(c2ccccc2Cl)CC1. The maximum absolute atomic E-state index is 13.7. The summed E-state index contributed by atoms with van der Waals surface area (Å²) in [4.78, 5) is 15.9. The molecule has 1 fully saturated rings. The number of nitrogens with zero attached hydrogens (tertiary/aromatic N) is 2. The maximum Gasteiger partial charge on any atom is 0.259 e. The lowest BCUT2D eigenvalue weighted by Crippen LogP contribution is -2.49. The van der Waals surface area contributed by atoms with Gasteiger partial charge in [0.15, 0.2) is 0 Å². The van der Waals surface area contributed by atoms with Crippen molar-refractivity contribution in [2.24, 2.45) is 0 Å². The molecular weight excluding hydrogens is 322 g/mol. The van der Waals surface area contributed by atoms with Gasteiger partial charge in [0.05, 0.1) is 10.7 Å². The molecule has 3 nitrogen and oxygen atoms in total. The van der Waals surface area contributed by atoms with E-state index < -0.39 is 23.1 Å². The van der Waals surface area contributed by atoms with Gasteiger partial charge in [0.2, 0.25) is 0 Å². The predicted octanol–water partition coefficient (Wildman–Crippen LogP) is 3.58. The molecule has 1 aliphatic heterocycles. The molecule has 0 atom stereocenters. The number of para-hydroxylation sites is 1. The fraction of sp³-hybridized carbons (Fsp3) is 0.235. The van der Waals surface area contributed by atoms with Crippen LogP contribution in [0.1, 0.15) is 10.4 Å². The van der Waals surface area contributed by atoms with Crippen molar-refractivity contribution in [3.8, 4) is 0 Å². The first-order valence-electron chi connectivity index (χ1n) is 7.30. The highest BCUT2D eigenvalue weighted by molar-refractivity contribution is 6.33. The number of halogens is 3. The minimum absolute atomic E-state index is 0.387. The third-order valence-corrected chi connectivity index (χ3v) is 4.26. The van der Waals surface area contributed by atoms with Crippen molar-refractivity contribution in [1.29, 1.82) is 0 Å². The topological polar surface area (TPSA) is 23.6 Å². The second-order valence-corrected chi connectivity index (χ2v) is 5.73. The molecule has 1 saturated heterocycles. The first-order valence-corrected chi connectivity index (χ1v) is 7.68. The van der Waals surface area contributed by atoms with Crippen molar-refractivity contribution in [1.82, 2.24) is 4.90 Å². The van der Waals surface area contributed by atoms with Gasteiger partial charge in [-0.05, 0) is 24.3 Å². The van der Waals surface area contributed by atoms with Crippen LogP contribution < -0.4 is 4.90 Å². The Bertz CT molecular complexity index is 710. The Morgan fingerprint density at radius 1 is 0.913 bits per heavy atom. The molecule has 0 unspecified atom stereocenters. The highest BCUT2D eigenvalue weighted by atomic mass is 35.5. The van der Waals surface area contributed by atoms with Crippen LogP contribution in [0.5, 0.6) is 0 Å². The monoisotopic (exact) mass is 336 g/mol. The summed E-state index contributed by atoms with van der Waals surface area (Å²) in [5.41, 5.74) is 0.414. The molecule has 6 heteroatoms. The lowest BCUT2D eigenvalue weighted by atomic mass is 10.1. The summed E-state index contributed by atoms with van der Waals surface area (Å²) in [6, 6.07) is 10.9. The third kappa shape index (κ3) is 3.15. The van der Waals surface area contributed by atoms with E-state index in [0.717, 1.165) is 17.8 Å². The molecule has 0 radical (unpaired) electrons. The van der Waals surface area contributed by atoms with Crippen LogP contribution in [0.15, 0.2) is 42.5 Å². The van der Waals surface area contributed by atoms with E-state index in [9.17, 15) is 13.6 Å². The second-order valence-electron chi connectivity index (χ2n) is 5.33. The number of carbonyl (C=O) groups is 1. The van der Waals surface area contributed by atoms with Crippen LogP contribution in [0.4, 0.5) is 14.5 Å². The van der Waals surface area contributed by atoms with Crippen LogP contribution in [0.2, 0.25) is 5.02 Å². The third-order valence-electron chi connectivity index (χ3n) is 3.94. The van der Waals surface area contributed by atoms with Crippen molar-refractivity contribution in [2.75, 3.05) is 31.1 Å². The Balaban J connectivity index is 1.72. The van der Waals surface area contributed by atoms with E-state index in [1.54, 1.807) is 0 Å². The quantitative estimate of drug-likeness (QED) is 0.837. The Morgan fingerprint density at radius 2 is 1.52 bits per heavy atom. The number of anilines is 1. The number of amides is 1. The number of carbonyl (C=O) groups excluding carboxylic acids is 1. The Kier molecular flexibility index (Phi) is 4.48. The van der Waals surface area contributed by atoms with Crippen LogP contribution in [0, 0.1) is 11.6 Å². The lowest BCUT2D eigenvalue weighted by molar-refractivity contribution is 0.0737. The van der Waals surface area contributed by atoms with E-state index in [4.69, 9.17) is 11.6 Å². The molecule has 0 saturated carbocycles. The van der Waals surface area contributed by atoms with Crippen LogP contribution in [0.25, 0.3) is 0 Å². The van der Waals surface area contributed by atoms with E-state index in [1.165, 1.54) is 11.0 Å². The minimum Gasteiger partial charge on any atom is -0.367 e. The van der Waals surface area contributed by atoms with Crippen molar-refractivity contribution in [3.05, 3.63) is 64.7 Å². The average Bonchev–Trinajstić information content (AvgIpc) is 2.55. The van der Waals surface area contributed by atoms with Gasteiger partial charge in [0.1, 0.15) is 17.2 Å². The first kappa shape index (κ1) is 15.7. The molecule has 120 valence electrons. The fourth-order valence-corrected chi connectivity index (χ4v) is 2.97. The van der Waals surface area contributed by atoms with Crippen LogP contribution >= 0.6 is 11.6 Å². The summed E-state index contributed by atoms with van der Waals surface area (Å²) < 4.78 is 27.5. The molecule has 3 rings (SSSR count). The average molecular weight is 337 g/mol. The van der Waals surface area contributed by atoms with Gasteiger partial charge in [-0.3, -0.25) is 4.79 Å². The molecule has 2 aromatic rings. The molecule has 0 N–H and O–H groups in total. The second kappa shape index (κ2) is 6.54. The minimum atomic E-state index is -0.830. The Labute approximate surface area is 138 Å². The zero-order chi connectivity index (χ0) is 16.4. The summed E-state index contributed by atoms with van der Waals surface area (Å²) >= 11 is 6.17. The largest absolute Gasteiger partial charge is 0.367 e. The normalized spacial score (nSPS) is 14.9. The van der Waals surface area contributed by atoms with Gasteiger partial charge in [-0.15, -0.1) is 0 Å². The molecule has 1 aliphatic rings. The Morgan fingerprint density at radius 3 is 2.13 bits per heavy atom. The molecule has 1 heterocycles. The highest BCUT2D eigenvalue weighted by Gasteiger charge is 2.27. The molecule has 23 heavy (non-hydrogen) atoms. The summed E-state index contributed by atoms with van der Waals surface area (Å²) in [5, 5.41) is 0.646. The number of hydrogen-bond donors (Lipinski definition) is 0. The van der Waals surface area contributed by atoms with Gasteiger partial charge in [0, 0.05) is 26.2 Å². The van der Waals surface area contributed by atoms with E-state index in [1.807, 2.05) is 24.3 Å². The maximum atomic E-state index is 13.7. The molecule has 0 aromatic heterocycles. The fourth-order valence-electron chi connectivity index (χ4n) is 2.72. The van der Waals surface area contributed by atoms with E-state index in [-0.39, 0.29) is 0 Å². The van der Waals surface area contributed by atoms with Crippen LogP contribution in [-0.2, 0) is 0 Å². The van der Waals surface area contributed by atoms with Gasteiger partial charge in [-0.2, -0.15) is 0 Å². The van der Waals surface area contributed by atoms with Crippen molar-refractivity contribution in [2.45, 2.75) is 0 Å².